The lowest BCUT2D eigenvalue weighted by Crippen LogP contribution is -2.47. The predicted molar refractivity (Wildman–Crippen MR) is 81.8 cm³/mol. The number of carbonyl (C=O) groups is 4. The number of esters is 1. The minimum atomic E-state index is -0.673. The van der Waals surface area contributed by atoms with Gasteiger partial charge in [0.2, 0.25) is 5.91 Å². The van der Waals surface area contributed by atoms with Gasteiger partial charge in [0.25, 0.3) is 11.8 Å². The Hall–Kier alpha value is -2.35. The molecule has 2 aliphatic rings. The maximum atomic E-state index is 12.4. The van der Waals surface area contributed by atoms with Crippen LogP contribution in [0.1, 0.15) is 20.7 Å². The molecule has 0 saturated carbocycles. The lowest BCUT2D eigenvalue weighted by atomic mass is 10.1. The average Bonchev–Trinajstić information content (AvgIpc) is 3.14. The SMILES string of the molecule is COC(=O)[C@@H]1CSCN1C(=O)CN1C(=O)c2ccccc2C1=O. The summed E-state index contributed by atoms with van der Waals surface area (Å²) in [6.07, 6.45) is 0. The van der Waals surface area contributed by atoms with Crippen LogP contribution in [0.15, 0.2) is 24.3 Å². The van der Waals surface area contributed by atoms with E-state index in [2.05, 4.69) is 4.74 Å². The second-order valence-corrected chi connectivity index (χ2v) is 6.14. The smallest absolute Gasteiger partial charge is 0.329 e. The Morgan fingerprint density at radius 3 is 2.39 bits per heavy atom. The van der Waals surface area contributed by atoms with Crippen molar-refractivity contribution in [3.63, 3.8) is 0 Å². The molecule has 1 atom stereocenters. The number of methoxy groups -OCH3 is 1. The highest BCUT2D eigenvalue weighted by Crippen LogP contribution is 2.25. The van der Waals surface area contributed by atoms with Gasteiger partial charge >= 0.3 is 5.97 Å². The zero-order valence-corrected chi connectivity index (χ0v) is 13.2. The maximum Gasteiger partial charge on any atom is 0.329 e. The van der Waals surface area contributed by atoms with E-state index in [-0.39, 0.29) is 6.54 Å². The van der Waals surface area contributed by atoms with E-state index in [1.165, 1.54) is 23.8 Å². The second kappa shape index (κ2) is 6.04. The van der Waals surface area contributed by atoms with Crippen molar-refractivity contribution in [2.45, 2.75) is 6.04 Å². The van der Waals surface area contributed by atoms with Crippen molar-refractivity contribution >= 4 is 35.5 Å². The van der Waals surface area contributed by atoms with Crippen LogP contribution in [0, 0.1) is 0 Å². The van der Waals surface area contributed by atoms with Crippen LogP contribution in [0.2, 0.25) is 0 Å². The molecule has 120 valence electrons. The summed E-state index contributed by atoms with van der Waals surface area (Å²) in [6.45, 7) is -0.375. The van der Waals surface area contributed by atoms with Crippen LogP contribution >= 0.6 is 11.8 Å². The summed E-state index contributed by atoms with van der Waals surface area (Å²) >= 11 is 1.43. The lowest BCUT2D eigenvalue weighted by molar-refractivity contribution is -0.150. The minimum absolute atomic E-state index is 0.297. The van der Waals surface area contributed by atoms with Gasteiger partial charge in [0.1, 0.15) is 12.6 Å². The number of benzene rings is 1. The van der Waals surface area contributed by atoms with Gasteiger partial charge in [-0.3, -0.25) is 19.3 Å². The number of hydrogen-bond donors (Lipinski definition) is 0. The fraction of sp³-hybridized carbons (Fsp3) is 0.333. The summed E-state index contributed by atoms with van der Waals surface area (Å²) in [6, 6.07) is 5.78. The Balaban J connectivity index is 1.75. The van der Waals surface area contributed by atoms with Crippen LogP contribution in [0.4, 0.5) is 0 Å². The Morgan fingerprint density at radius 2 is 1.83 bits per heavy atom. The van der Waals surface area contributed by atoms with Crippen molar-refractivity contribution in [2.24, 2.45) is 0 Å². The molecule has 0 unspecified atom stereocenters. The summed E-state index contributed by atoms with van der Waals surface area (Å²) in [5, 5.41) is 0. The van der Waals surface area contributed by atoms with Crippen molar-refractivity contribution in [2.75, 3.05) is 25.3 Å². The van der Waals surface area contributed by atoms with E-state index in [1.54, 1.807) is 24.3 Å². The molecule has 0 aliphatic carbocycles. The van der Waals surface area contributed by atoms with Gasteiger partial charge in [0.05, 0.1) is 24.1 Å². The van der Waals surface area contributed by atoms with Crippen molar-refractivity contribution in [1.29, 1.82) is 0 Å². The largest absolute Gasteiger partial charge is 0.467 e. The minimum Gasteiger partial charge on any atom is -0.467 e. The monoisotopic (exact) mass is 334 g/mol. The first-order valence-electron chi connectivity index (χ1n) is 6.95. The third-order valence-corrected chi connectivity index (χ3v) is 4.86. The van der Waals surface area contributed by atoms with E-state index in [1.807, 2.05) is 0 Å². The number of hydrogen-bond acceptors (Lipinski definition) is 6. The molecule has 8 heteroatoms. The molecule has 3 amide bonds. The molecular formula is C15H14N2O5S. The van der Waals surface area contributed by atoms with E-state index >= 15 is 0 Å². The number of imide groups is 1. The standard InChI is InChI=1S/C15H14N2O5S/c1-22-15(21)11-7-23-8-17(11)12(18)6-16-13(19)9-4-2-3-5-10(9)14(16)20/h2-5,11H,6-8H2,1H3/t11-/m0/s1. The van der Waals surface area contributed by atoms with E-state index < -0.39 is 29.7 Å². The summed E-state index contributed by atoms with van der Waals surface area (Å²) in [7, 11) is 1.26. The molecule has 1 aromatic rings. The molecule has 2 aliphatic heterocycles. The molecule has 0 radical (unpaired) electrons. The first kappa shape index (κ1) is 15.5. The average molecular weight is 334 g/mol. The predicted octanol–water partition coefficient (Wildman–Crippen LogP) is 0.357. The van der Waals surface area contributed by atoms with Crippen LogP contribution in [-0.2, 0) is 14.3 Å². The fourth-order valence-corrected chi connectivity index (χ4v) is 3.79. The Bertz CT molecular complexity index is 670. The number of fused-ring (bicyclic) bond motifs is 1. The molecule has 1 saturated heterocycles. The third kappa shape index (κ3) is 2.59. The van der Waals surface area contributed by atoms with Crippen LogP contribution < -0.4 is 0 Å². The zero-order valence-electron chi connectivity index (χ0n) is 12.4. The summed E-state index contributed by atoms with van der Waals surface area (Å²) in [5.41, 5.74) is 0.594. The van der Waals surface area contributed by atoms with Gasteiger partial charge in [0, 0.05) is 5.75 Å². The van der Waals surface area contributed by atoms with Gasteiger partial charge in [-0.2, -0.15) is 0 Å². The van der Waals surface area contributed by atoms with Gasteiger partial charge in [-0.1, -0.05) is 12.1 Å². The first-order valence-corrected chi connectivity index (χ1v) is 8.10. The van der Waals surface area contributed by atoms with Crippen LogP contribution in [-0.4, -0.2) is 64.8 Å². The summed E-state index contributed by atoms with van der Waals surface area (Å²) < 4.78 is 4.68. The van der Waals surface area contributed by atoms with Crippen molar-refractivity contribution in [3.8, 4) is 0 Å². The number of carbonyl (C=O) groups excluding carboxylic acids is 4. The third-order valence-electron chi connectivity index (χ3n) is 3.85. The van der Waals surface area contributed by atoms with Crippen molar-refractivity contribution in [1.82, 2.24) is 9.80 Å². The molecule has 0 N–H and O–H groups in total. The van der Waals surface area contributed by atoms with E-state index in [0.29, 0.717) is 22.8 Å². The topological polar surface area (TPSA) is 84.0 Å². The molecule has 23 heavy (non-hydrogen) atoms. The van der Waals surface area contributed by atoms with Crippen LogP contribution in [0.3, 0.4) is 0 Å². The number of rotatable bonds is 3. The fourth-order valence-electron chi connectivity index (χ4n) is 2.63. The molecule has 0 aromatic heterocycles. The molecule has 1 aromatic carbocycles. The Labute approximate surface area is 136 Å². The molecule has 7 nitrogen and oxygen atoms in total. The quantitative estimate of drug-likeness (QED) is 0.586. The van der Waals surface area contributed by atoms with Crippen LogP contribution in [0.25, 0.3) is 0 Å². The van der Waals surface area contributed by atoms with E-state index in [9.17, 15) is 19.2 Å². The van der Waals surface area contributed by atoms with Gasteiger partial charge in [-0.05, 0) is 12.1 Å². The van der Waals surface area contributed by atoms with Crippen LogP contribution in [0.5, 0.6) is 0 Å². The van der Waals surface area contributed by atoms with Gasteiger partial charge < -0.3 is 9.64 Å². The van der Waals surface area contributed by atoms with E-state index in [0.717, 1.165) is 4.90 Å². The number of nitrogens with zero attached hydrogens (tertiary/aromatic N) is 2. The molecule has 3 rings (SSSR count). The normalized spacial score (nSPS) is 20.0. The number of amides is 3. The molecule has 2 heterocycles. The van der Waals surface area contributed by atoms with Gasteiger partial charge in [0.15, 0.2) is 0 Å². The second-order valence-electron chi connectivity index (χ2n) is 5.14. The molecule has 0 spiro atoms. The number of thioether (sulfide) groups is 1. The molecular weight excluding hydrogens is 320 g/mol. The summed E-state index contributed by atoms with van der Waals surface area (Å²) in [4.78, 5) is 50.9. The Morgan fingerprint density at radius 1 is 1.22 bits per heavy atom. The summed E-state index contributed by atoms with van der Waals surface area (Å²) in [5.74, 6) is -1.13. The maximum absolute atomic E-state index is 12.4. The van der Waals surface area contributed by atoms with Gasteiger partial charge in [-0.25, -0.2) is 4.79 Å². The highest BCUT2D eigenvalue weighted by molar-refractivity contribution is 7.99. The molecule has 1 fully saturated rings. The number of ether oxygens (including phenoxy) is 1. The van der Waals surface area contributed by atoms with Crippen molar-refractivity contribution < 1.29 is 23.9 Å². The Kier molecular flexibility index (Phi) is 4.08. The highest BCUT2D eigenvalue weighted by Gasteiger charge is 2.40. The zero-order chi connectivity index (χ0) is 16.6. The van der Waals surface area contributed by atoms with E-state index in [4.69, 9.17) is 0 Å². The van der Waals surface area contributed by atoms with Crippen molar-refractivity contribution in [3.05, 3.63) is 35.4 Å². The molecule has 0 bridgehead atoms. The highest BCUT2D eigenvalue weighted by atomic mass is 32.2. The first-order chi connectivity index (χ1) is 11.0. The van der Waals surface area contributed by atoms with Gasteiger partial charge in [-0.15, -0.1) is 11.8 Å². The lowest BCUT2D eigenvalue weighted by Gasteiger charge is -2.23.